The van der Waals surface area contributed by atoms with Crippen LogP contribution in [0.3, 0.4) is 0 Å². The van der Waals surface area contributed by atoms with Gasteiger partial charge in [0.2, 0.25) is 0 Å². The Morgan fingerprint density at radius 1 is 1.18 bits per heavy atom. The van der Waals surface area contributed by atoms with E-state index in [-0.39, 0.29) is 6.10 Å². The van der Waals surface area contributed by atoms with Gasteiger partial charge in [0.05, 0.1) is 6.10 Å². The van der Waals surface area contributed by atoms with Gasteiger partial charge >= 0.3 is 0 Å². The molecule has 0 bridgehead atoms. The van der Waals surface area contributed by atoms with E-state index in [0.717, 1.165) is 19.6 Å². The van der Waals surface area contributed by atoms with Crippen LogP contribution >= 0.6 is 0 Å². The normalized spacial score (nSPS) is 26.5. The maximum absolute atomic E-state index is 9.14. The molecule has 1 aliphatic carbocycles. The molecule has 1 saturated carbocycles. The van der Waals surface area contributed by atoms with Crippen LogP contribution in [0.5, 0.6) is 0 Å². The first kappa shape index (κ1) is 13.3. The first-order valence-electron chi connectivity index (χ1n) is 7.31. The number of rotatable bonds is 5. The lowest BCUT2D eigenvalue weighted by molar-refractivity contribution is -0.0107. The summed E-state index contributed by atoms with van der Waals surface area (Å²) in [5.74, 6) is 0. The Labute approximate surface area is 106 Å². The molecule has 2 aliphatic rings. The van der Waals surface area contributed by atoms with Gasteiger partial charge in [0, 0.05) is 32.7 Å². The fraction of sp³-hybridized carbons (Fsp3) is 1.00. The summed E-state index contributed by atoms with van der Waals surface area (Å²) in [5.41, 5.74) is 0.695. The van der Waals surface area contributed by atoms with Crippen molar-refractivity contribution in [2.24, 2.45) is 5.41 Å². The molecule has 2 fully saturated rings. The van der Waals surface area contributed by atoms with Gasteiger partial charge in [-0.05, 0) is 25.2 Å². The monoisotopic (exact) mass is 240 g/mol. The molecule has 17 heavy (non-hydrogen) atoms. The van der Waals surface area contributed by atoms with Gasteiger partial charge in [-0.3, -0.25) is 0 Å². The summed E-state index contributed by atoms with van der Waals surface area (Å²) < 4.78 is 0. The highest BCUT2D eigenvalue weighted by Crippen LogP contribution is 2.42. The van der Waals surface area contributed by atoms with Crippen LogP contribution in [-0.2, 0) is 0 Å². The maximum atomic E-state index is 9.14. The van der Waals surface area contributed by atoms with Gasteiger partial charge < -0.3 is 15.3 Å². The highest BCUT2D eigenvalue weighted by atomic mass is 16.3. The van der Waals surface area contributed by atoms with E-state index in [1.807, 2.05) is 6.92 Å². The Morgan fingerprint density at radius 2 is 1.82 bits per heavy atom. The summed E-state index contributed by atoms with van der Waals surface area (Å²) in [7, 11) is 0. The third kappa shape index (κ3) is 3.94. The molecule has 1 unspecified atom stereocenters. The van der Waals surface area contributed by atoms with E-state index >= 15 is 0 Å². The highest BCUT2D eigenvalue weighted by molar-refractivity contribution is 4.95. The predicted octanol–water partition coefficient (Wildman–Crippen LogP) is 1.61. The zero-order valence-corrected chi connectivity index (χ0v) is 11.2. The van der Waals surface area contributed by atoms with Crippen molar-refractivity contribution >= 4 is 0 Å². The molecular formula is C14H28N2O. The minimum atomic E-state index is -0.223. The second-order valence-electron chi connectivity index (χ2n) is 6.18. The van der Waals surface area contributed by atoms with Crippen LogP contribution in [0.15, 0.2) is 0 Å². The summed E-state index contributed by atoms with van der Waals surface area (Å²) in [6.45, 7) is 7.36. The molecule has 0 aromatic heterocycles. The number of aliphatic hydroxyl groups excluding tert-OH is 1. The quantitative estimate of drug-likeness (QED) is 0.717. The van der Waals surface area contributed by atoms with Crippen molar-refractivity contribution in [3.8, 4) is 0 Å². The number of hydrogen-bond acceptors (Lipinski definition) is 3. The van der Waals surface area contributed by atoms with Crippen molar-refractivity contribution < 1.29 is 5.11 Å². The smallest absolute Gasteiger partial charge is 0.0636 e. The lowest BCUT2D eigenvalue weighted by atomic mass is 9.73. The van der Waals surface area contributed by atoms with Crippen LogP contribution in [0.25, 0.3) is 0 Å². The molecule has 3 nitrogen and oxygen atoms in total. The minimum absolute atomic E-state index is 0.223. The minimum Gasteiger partial charge on any atom is -0.392 e. The van der Waals surface area contributed by atoms with Crippen molar-refractivity contribution in [1.29, 1.82) is 0 Å². The topological polar surface area (TPSA) is 35.5 Å². The zero-order chi connectivity index (χ0) is 12.1. The Balaban J connectivity index is 1.58. The first-order valence-corrected chi connectivity index (χ1v) is 7.31. The van der Waals surface area contributed by atoms with E-state index in [4.69, 9.17) is 5.11 Å². The lowest BCUT2D eigenvalue weighted by Crippen LogP contribution is -2.57. The Bertz CT molecular complexity index is 214. The number of likely N-dealkylation sites (tertiary alicyclic amines) is 1. The Hall–Kier alpha value is -0.120. The molecular weight excluding hydrogens is 212 g/mol. The number of aliphatic hydroxyl groups is 1. The molecule has 2 rings (SSSR count). The standard InChI is InChI=1S/C14H28N2O/c1-13(17)10-15-8-9-16-11-14(12-16)6-4-2-3-5-7-14/h13,15,17H,2-12H2,1H3. The molecule has 1 saturated heterocycles. The average molecular weight is 240 g/mol. The van der Waals surface area contributed by atoms with Gasteiger partial charge in [-0.1, -0.05) is 25.7 Å². The van der Waals surface area contributed by atoms with E-state index < -0.39 is 0 Å². The van der Waals surface area contributed by atoms with Gasteiger partial charge in [0.15, 0.2) is 0 Å². The van der Waals surface area contributed by atoms with Gasteiger partial charge in [0.25, 0.3) is 0 Å². The van der Waals surface area contributed by atoms with E-state index in [0.29, 0.717) is 5.41 Å². The molecule has 0 aromatic rings. The number of nitrogens with one attached hydrogen (secondary N) is 1. The molecule has 0 radical (unpaired) electrons. The van der Waals surface area contributed by atoms with Gasteiger partial charge in [-0.15, -0.1) is 0 Å². The van der Waals surface area contributed by atoms with Gasteiger partial charge in [-0.25, -0.2) is 0 Å². The molecule has 1 atom stereocenters. The fourth-order valence-electron chi connectivity index (χ4n) is 3.40. The fourth-order valence-corrected chi connectivity index (χ4v) is 3.40. The van der Waals surface area contributed by atoms with Crippen LogP contribution in [-0.4, -0.2) is 48.8 Å². The van der Waals surface area contributed by atoms with Gasteiger partial charge in [0.1, 0.15) is 0 Å². The largest absolute Gasteiger partial charge is 0.392 e. The maximum Gasteiger partial charge on any atom is 0.0636 e. The third-order valence-electron chi connectivity index (χ3n) is 4.33. The number of nitrogens with zero attached hydrogens (tertiary/aromatic N) is 1. The molecule has 3 heteroatoms. The third-order valence-corrected chi connectivity index (χ3v) is 4.33. The SMILES string of the molecule is CC(O)CNCCN1CC2(CCCCCC2)C1. The summed E-state index contributed by atoms with van der Waals surface area (Å²) in [6, 6.07) is 0. The summed E-state index contributed by atoms with van der Waals surface area (Å²) >= 11 is 0. The summed E-state index contributed by atoms with van der Waals surface area (Å²) in [5, 5.41) is 12.4. The summed E-state index contributed by atoms with van der Waals surface area (Å²) in [4.78, 5) is 2.57. The molecule has 0 aromatic carbocycles. The average Bonchev–Trinajstić information content (AvgIpc) is 2.48. The van der Waals surface area contributed by atoms with E-state index in [9.17, 15) is 0 Å². The van der Waals surface area contributed by atoms with Crippen molar-refractivity contribution in [1.82, 2.24) is 10.2 Å². The highest BCUT2D eigenvalue weighted by Gasteiger charge is 2.41. The molecule has 1 heterocycles. The van der Waals surface area contributed by atoms with Crippen LogP contribution < -0.4 is 5.32 Å². The predicted molar refractivity (Wildman–Crippen MR) is 71.1 cm³/mol. The number of hydrogen-bond donors (Lipinski definition) is 2. The van der Waals surface area contributed by atoms with Crippen molar-refractivity contribution in [3.63, 3.8) is 0 Å². The summed E-state index contributed by atoms with van der Waals surface area (Å²) in [6.07, 6.45) is 8.52. The molecule has 100 valence electrons. The van der Waals surface area contributed by atoms with Crippen LogP contribution in [0.1, 0.15) is 45.4 Å². The first-order chi connectivity index (χ1) is 8.20. The van der Waals surface area contributed by atoms with Crippen molar-refractivity contribution in [2.75, 3.05) is 32.7 Å². The molecule has 2 N–H and O–H groups in total. The second kappa shape index (κ2) is 6.17. The van der Waals surface area contributed by atoms with Crippen LogP contribution in [0.4, 0.5) is 0 Å². The van der Waals surface area contributed by atoms with Crippen molar-refractivity contribution in [2.45, 2.75) is 51.6 Å². The zero-order valence-electron chi connectivity index (χ0n) is 11.2. The lowest BCUT2D eigenvalue weighted by Gasteiger charge is -2.50. The van der Waals surface area contributed by atoms with E-state index in [2.05, 4.69) is 10.2 Å². The molecule has 1 aliphatic heterocycles. The van der Waals surface area contributed by atoms with E-state index in [1.54, 1.807) is 0 Å². The Morgan fingerprint density at radius 3 is 2.41 bits per heavy atom. The Kier molecular flexibility index (Phi) is 4.83. The molecule has 0 amide bonds. The van der Waals surface area contributed by atoms with Gasteiger partial charge in [-0.2, -0.15) is 0 Å². The molecule has 1 spiro atoms. The van der Waals surface area contributed by atoms with Crippen molar-refractivity contribution in [3.05, 3.63) is 0 Å². The second-order valence-corrected chi connectivity index (χ2v) is 6.18. The van der Waals surface area contributed by atoms with Crippen LogP contribution in [0, 0.1) is 5.41 Å². The van der Waals surface area contributed by atoms with Crippen LogP contribution in [0.2, 0.25) is 0 Å². The van der Waals surface area contributed by atoms with E-state index in [1.165, 1.54) is 51.6 Å².